The zero-order valence-corrected chi connectivity index (χ0v) is 16.2. The van der Waals surface area contributed by atoms with Gasteiger partial charge >= 0.3 is 13.1 Å². The van der Waals surface area contributed by atoms with E-state index in [9.17, 15) is 4.79 Å². The second-order valence-electron chi connectivity index (χ2n) is 7.35. The Morgan fingerprint density at radius 1 is 1.24 bits per heavy atom. The van der Waals surface area contributed by atoms with Crippen LogP contribution in [0.1, 0.15) is 49.2 Å². The van der Waals surface area contributed by atoms with Crippen LogP contribution in [0.2, 0.25) is 0 Å². The first-order valence-corrected chi connectivity index (χ1v) is 8.51. The summed E-state index contributed by atoms with van der Waals surface area (Å²) in [4.78, 5) is 11.9. The summed E-state index contributed by atoms with van der Waals surface area (Å²) in [6, 6.07) is 5.60. The highest BCUT2D eigenvalue weighted by molar-refractivity contribution is 6.56. The maximum absolute atomic E-state index is 11.9. The summed E-state index contributed by atoms with van der Waals surface area (Å²) in [5.74, 6) is -0.335. The fourth-order valence-corrected chi connectivity index (χ4v) is 2.74. The molecule has 0 atom stereocenters. The molecule has 1 heterocycles. The second-order valence-corrected chi connectivity index (χ2v) is 7.35. The lowest BCUT2D eigenvalue weighted by Gasteiger charge is -2.32. The zero-order chi connectivity index (χ0) is 18.8. The average Bonchev–Trinajstić information content (AvgIpc) is 2.76. The fourth-order valence-electron chi connectivity index (χ4n) is 2.74. The number of benzene rings is 1. The van der Waals surface area contributed by atoms with Crippen molar-refractivity contribution in [3.8, 4) is 0 Å². The minimum Gasteiger partial charge on any atom is -0.465 e. The molecular weight excluding hydrogens is 317 g/mol. The molecule has 1 saturated heterocycles. The van der Waals surface area contributed by atoms with E-state index < -0.39 is 18.3 Å². The highest BCUT2D eigenvalue weighted by Gasteiger charge is 2.52. The molecular formula is C19H28BNO4. The monoisotopic (exact) mass is 345 g/mol. The van der Waals surface area contributed by atoms with Crippen molar-refractivity contribution in [3.05, 3.63) is 40.4 Å². The van der Waals surface area contributed by atoms with Crippen LogP contribution < -0.4 is 5.32 Å². The van der Waals surface area contributed by atoms with Gasteiger partial charge in [-0.25, -0.2) is 4.79 Å². The summed E-state index contributed by atoms with van der Waals surface area (Å²) in [7, 11) is 2.84. The number of carbonyl (C=O) groups excluding carboxylic acids is 1. The number of carbonyl (C=O) groups is 1. The van der Waals surface area contributed by atoms with Crippen LogP contribution in [0.4, 0.5) is 0 Å². The standard InChI is InChI=1S/C19H28BNO4/c1-13-14(9-8-10-16(13)17(22)23-7)11-15(12-21-6)20-24-18(2,3)19(4,5)25-20/h8-11,21H,12H2,1-7H3. The minimum atomic E-state index is -0.432. The third kappa shape index (κ3) is 3.97. The molecule has 1 N–H and O–H groups in total. The Hall–Kier alpha value is -1.63. The SMILES string of the molecule is CNCC(=Cc1cccc(C(=O)OC)c1C)B1OC(C)(C)C(C)(C)O1. The third-order valence-corrected chi connectivity index (χ3v) is 5.06. The molecule has 1 aromatic rings. The highest BCUT2D eigenvalue weighted by Crippen LogP contribution is 2.38. The maximum Gasteiger partial charge on any atom is 0.491 e. The van der Waals surface area contributed by atoms with E-state index in [0.29, 0.717) is 12.1 Å². The maximum atomic E-state index is 11.9. The summed E-state index contributed by atoms with van der Waals surface area (Å²) in [5.41, 5.74) is 2.57. The van der Waals surface area contributed by atoms with Crippen LogP contribution in [0.15, 0.2) is 23.7 Å². The predicted octanol–water partition coefficient (Wildman–Crippen LogP) is 3.02. The first kappa shape index (κ1) is 19.7. The quantitative estimate of drug-likeness (QED) is 0.657. The molecule has 6 heteroatoms. The third-order valence-electron chi connectivity index (χ3n) is 5.06. The van der Waals surface area contributed by atoms with E-state index in [4.69, 9.17) is 14.0 Å². The van der Waals surface area contributed by atoms with Crippen molar-refractivity contribution in [2.45, 2.75) is 45.8 Å². The van der Waals surface area contributed by atoms with Gasteiger partial charge in [0.1, 0.15) is 0 Å². The Balaban J connectivity index is 2.40. The summed E-state index contributed by atoms with van der Waals surface area (Å²) in [5, 5.41) is 3.17. The van der Waals surface area contributed by atoms with Gasteiger partial charge in [0.25, 0.3) is 0 Å². The van der Waals surface area contributed by atoms with Crippen molar-refractivity contribution in [2.24, 2.45) is 0 Å². The number of esters is 1. The Labute approximate surface area is 150 Å². The lowest BCUT2D eigenvalue weighted by molar-refractivity contribution is 0.00578. The molecule has 136 valence electrons. The van der Waals surface area contributed by atoms with Crippen LogP contribution in [0, 0.1) is 6.92 Å². The molecule has 0 bridgehead atoms. The van der Waals surface area contributed by atoms with Crippen molar-refractivity contribution in [1.29, 1.82) is 0 Å². The van der Waals surface area contributed by atoms with Gasteiger partial charge in [-0.2, -0.15) is 0 Å². The van der Waals surface area contributed by atoms with Gasteiger partial charge in [-0.3, -0.25) is 0 Å². The molecule has 0 saturated carbocycles. The van der Waals surface area contributed by atoms with E-state index in [-0.39, 0.29) is 5.97 Å². The van der Waals surface area contributed by atoms with Gasteiger partial charge in [0.05, 0.1) is 23.9 Å². The van der Waals surface area contributed by atoms with Crippen LogP contribution in [0.5, 0.6) is 0 Å². The van der Waals surface area contributed by atoms with E-state index in [1.54, 1.807) is 6.07 Å². The number of methoxy groups -OCH3 is 1. The molecule has 5 nitrogen and oxygen atoms in total. The van der Waals surface area contributed by atoms with Crippen molar-refractivity contribution in [3.63, 3.8) is 0 Å². The Morgan fingerprint density at radius 3 is 2.36 bits per heavy atom. The van der Waals surface area contributed by atoms with Gasteiger partial charge in [0, 0.05) is 6.54 Å². The number of likely N-dealkylation sites (N-methyl/N-ethyl adjacent to an activating group) is 1. The highest BCUT2D eigenvalue weighted by atomic mass is 16.7. The van der Waals surface area contributed by atoms with Gasteiger partial charge < -0.3 is 19.4 Å². The molecule has 0 aromatic heterocycles. The van der Waals surface area contributed by atoms with E-state index in [2.05, 4.69) is 5.32 Å². The van der Waals surface area contributed by atoms with Crippen LogP contribution in [-0.4, -0.2) is 45.0 Å². The molecule has 0 spiro atoms. The molecule has 2 rings (SSSR count). The van der Waals surface area contributed by atoms with Gasteiger partial charge in [-0.15, -0.1) is 0 Å². The van der Waals surface area contributed by atoms with E-state index >= 15 is 0 Å². The summed E-state index contributed by atoms with van der Waals surface area (Å²) < 4.78 is 17.2. The molecule has 25 heavy (non-hydrogen) atoms. The molecule has 1 aliphatic heterocycles. The summed E-state index contributed by atoms with van der Waals surface area (Å²) in [6.45, 7) is 10.7. The molecule has 0 aliphatic carbocycles. The van der Waals surface area contributed by atoms with Gasteiger partial charge in [0.2, 0.25) is 0 Å². The van der Waals surface area contributed by atoms with Gasteiger partial charge in [-0.1, -0.05) is 18.2 Å². The van der Waals surface area contributed by atoms with E-state index in [1.165, 1.54) is 7.11 Å². The first-order chi connectivity index (χ1) is 11.6. The largest absolute Gasteiger partial charge is 0.491 e. The van der Waals surface area contributed by atoms with E-state index in [1.807, 2.05) is 59.9 Å². The van der Waals surface area contributed by atoms with Crippen LogP contribution >= 0.6 is 0 Å². The van der Waals surface area contributed by atoms with Crippen molar-refractivity contribution >= 4 is 19.2 Å². The average molecular weight is 345 g/mol. The van der Waals surface area contributed by atoms with Crippen molar-refractivity contribution in [2.75, 3.05) is 20.7 Å². The summed E-state index contributed by atoms with van der Waals surface area (Å²) in [6.07, 6.45) is 2.03. The van der Waals surface area contributed by atoms with Gasteiger partial charge in [-0.05, 0) is 64.3 Å². The molecule has 0 unspecified atom stereocenters. The normalized spacial score (nSPS) is 19.2. The van der Waals surface area contributed by atoms with E-state index in [0.717, 1.165) is 16.6 Å². The minimum absolute atomic E-state index is 0.335. The number of nitrogens with one attached hydrogen (secondary N) is 1. The van der Waals surface area contributed by atoms with Gasteiger partial charge in [0.15, 0.2) is 0 Å². The molecule has 0 radical (unpaired) electrons. The van der Waals surface area contributed by atoms with Crippen LogP contribution in [0.3, 0.4) is 0 Å². The molecule has 1 aromatic carbocycles. The first-order valence-electron chi connectivity index (χ1n) is 8.51. The molecule has 0 amide bonds. The Kier molecular flexibility index (Phi) is 5.77. The number of rotatable bonds is 5. The Bertz CT molecular complexity index is 666. The number of hydrogen-bond acceptors (Lipinski definition) is 5. The van der Waals surface area contributed by atoms with Crippen molar-refractivity contribution in [1.82, 2.24) is 5.32 Å². The fraction of sp³-hybridized carbons (Fsp3) is 0.526. The molecule has 1 fully saturated rings. The Morgan fingerprint density at radius 2 is 1.84 bits per heavy atom. The van der Waals surface area contributed by atoms with Crippen LogP contribution in [-0.2, 0) is 14.0 Å². The predicted molar refractivity (Wildman–Crippen MR) is 101 cm³/mol. The smallest absolute Gasteiger partial charge is 0.465 e. The number of ether oxygens (including phenoxy) is 1. The molecule has 1 aliphatic rings. The topological polar surface area (TPSA) is 56.8 Å². The second kappa shape index (κ2) is 7.32. The zero-order valence-electron chi connectivity index (χ0n) is 16.2. The lowest BCUT2D eigenvalue weighted by Crippen LogP contribution is -2.41. The summed E-state index contributed by atoms with van der Waals surface area (Å²) >= 11 is 0. The lowest BCUT2D eigenvalue weighted by atomic mass is 9.76. The van der Waals surface area contributed by atoms with Crippen LogP contribution in [0.25, 0.3) is 6.08 Å². The number of hydrogen-bond donors (Lipinski definition) is 1. The van der Waals surface area contributed by atoms with Crippen molar-refractivity contribution < 1.29 is 18.8 Å².